The number of nitrogens with zero attached hydrogens (tertiary/aromatic N) is 1. The smallest absolute Gasteiger partial charge is 0.265 e. The third kappa shape index (κ3) is 3.29. The Morgan fingerprint density at radius 1 is 1.48 bits per heavy atom. The van der Waals surface area contributed by atoms with Crippen molar-refractivity contribution in [3.8, 4) is 5.75 Å². The summed E-state index contributed by atoms with van der Waals surface area (Å²) >= 11 is 1.22. The molecule has 0 aliphatic rings. The molecular formula is C13H12FN3O3S. The lowest BCUT2D eigenvalue weighted by Crippen LogP contribution is -2.16. The van der Waals surface area contributed by atoms with E-state index >= 15 is 0 Å². The molecule has 2 rings (SSSR count). The van der Waals surface area contributed by atoms with Crippen LogP contribution in [-0.2, 0) is 0 Å². The number of oxime groups is 1. The molecule has 21 heavy (non-hydrogen) atoms. The molecule has 0 aliphatic heterocycles. The van der Waals surface area contributed by atoms with Crippen molar-refractivity contribution in [3.05, 3.63) is 45.9 Å². The van der Waals surface area contributed by atoms with Crippen LogP contribution in [0.3, 0.4) is 0 Å². The van der Waals surface area contributed by atoms with E-state index in [1.165, 1.54) is 30.6 Å². The number of amidine groups is 1. The summed E-state index contributed by atoms with van der Waals surface area (Å²) in [6.45, 7) is 0. The van der Waals surface area contributed by atoms with E-state index in [0.29, 0.717) is 16.3 Å². The van der Waals surface area contributed by atoms with Gasteiger partial charge in [-0.2, -0.15) is 0 Å². The van der Waals surface area contributed by atoms with Crippen molar-refractivity contribution in [3.63, 3.8) is 0 Å². The van der Waals surface area contributed by atoms with Gasteiger partial charge in [0.1, 0.15) is 11.6 Å². The van der Waals surface area contributed by atoms with Crippen LogP contribution in [0.1, 0.15) is 15.2 Å². The molecule has 0 fully saturated rings. The summed E-state index contributed by atoms with van der Waals surface area (Å²) in [5.74, 6) is -0.801. The fourth-order valence-corrected chi connectivity index (χ4v) is 2.34. The lowest BCUT2D eigenvalue weighted by molar-refractivity contribution is 0.103. The zero-order valence-corrected chi connectivity index (χ0v) is 11.8. The molecule has 4 N–H and O–H groups in total. The SMILES string of the molecule is COc1csc(C(=O)Nc2ccc(F)c(/C(N)=N/O)c2)c1. The van der Waals surface area contributed by atoms with Crippen LogP contribution >= 0.6 is 11.3 Å². The number of methoxy groups -OCH3 is 1. The Morgan fingerprint density at radius 3 is 2.86 bits per heavy atom. The van der Waals surface area contributed by atoms with Crippen molar-refractivity contribution < 1.29 is 19.1 Å². The van der Waals surface area contributed by atoms with Gasteiger partial charge in [-0.1, -0.05) is 5.16 Å². The number of hydrogen-bond donors (Lipinski definition) is 3. The van der Waals surface area contributed by atoms with Crippen molar-refractivity contribution in [2.75, 3.05) is 12.4 Å². The first-order valence-corrected chi connectivity index (χ1v) is 6.64. The maximum Gasteiger partial charge on any atom is 0.265 e. The molecule has 1 aromatic carbocycles. The van der Waals surface area contributed by atoms with Gasteiger partial charge in [-0.15, -0.1) is 11.3 Å². The Hall–Kier alpha value is -2.61. The molecule has 1 heterocycles. The zero-order valence-electron chi connectivity index (χ0n) is 11.0. The van der Waals surface area contributed by atoms with E-state index in [-0.39, 0.29) is 17.3 Å². The fourth-order valence-electron chi connectivity index (χ4n) is 1.59. The average Bonchev–Trinajstić information content (AvgIpc) is 2.97. The van der Waals surface area contributed by atoms with Gasteiger partial charge in [0.05, 0.1) is 17.6 Å². The number of ether oxygens (including phenoxy) is 1. The zero-order chi connectivity index (χ0) is 15.4. The topological polar surface area (TPSA) is 96.9 Å². The van der Waals surface area contributed by atoms with E-state index < -0.39 is 5.82 Å². The summed E-state index contributed by atoms with van der Waals surface area (Å²) in [7, 11) is 1.51. The average molecular weight is 309 g/mol. The molecule has 8 heteroatoms. The van der Waals surface area contributed by atoms with Gasteiger partial charge < -0.3 is 21.0 Å². The summed E-state index contributed by atoms with van der Waals surface area (Å²) < 4.78 is 18.5. The lowest BCUT2D eigenvalue weighted by Gasteiger charge is -2.07. The van der Waals surface area contributed by atoms with E-state index in [1.807, 2.05) is 0 Å². The summed E-state index contributed by atoms with van der Waals surface area (Å²) in [6.07, 6.45) is 0. The molecular weight excluding hydrogens is 297 g/mol. The minimum atomic E-state index is -0.652. The van der Waals surface area contributed by atoms with E-state index in [2.05, 4.69) is 10.5 Å². The first kappa shape index (κ1) is 14.8. The first-order valence-electron chi connectivity index (χ1n) is 5.76. The van der Waals surface area contributed by atoms with Crippen molar-refractivity contribution in [2.45, 2.75) is 0 Å². The second kappa shape index (κ2) is 6.23. The molecule has 0 radical (unpaired) electrons. The highest BCUT2D eigenvalue weighted by atomic mass is 32.1. The van der Waals surface area contributed by atoms with E-state index in [1.54, 1.807) is 11.4 Å². The van der Waals surface area contributed by atoms with Gasteiger partial charge in [-0.25, -0.2) is 4.39 Å². The van der Waals surface area contributed by atoms with Gasteiger partial charge in [-0.05, 0) is 18.2 Å². The molecule has 1 aromatic heterocycles. The van der Waals surface area contributed by atoms with E-state index in [9.17, 15) is 9.18 Å². The van der Waals surface area contributed by atoms with E-state index in [4.69, 9.17) is 15.7 Å². The Kier molecular flexibility index (Phi) is 4.39. The molecule has 2 aromatic rings. The molecule has 0 saturated carbocycles. The predicted molar refractivity (Wildman–Crippen MR) is 77.7 cm³/mol. The fraction of sp³-hybridized carbons (Fsp3) is 0.0769. The first-order chi connectivity index (χ1) is 10.0. The minimum Gasteiger partial charge on any atom is -0.496 e. The van der Waals surface area contributed by atoms with Gasteiger partial charge in [0.25, 0.3) is 5.91 Å². The summed E-state index contributed by atoms with van der Waals surface area (Å²) in [4.78, 5) is 12.5. The number of anilines is 1. The van der Waals surface area contributed by atoms with Gasteiger partial charge >= 0.3 is 0 Å². The highest BCUT2D eigenvalue weighted by Crippen LogP contribution is 2.22. The molecule has 0 unspecified atom stereocenters. The quantitative estimate of drug-likeness (QED) is 0.349. The standard InChI is InChI=1S/C13H12FN3O3S/c1-20-8-5-11(21-6-8)13(18)16-7-2-3-10(14)9(4-7)12(15)17-19/h2-6,19H,1H3,(H2,15,17)(H,16,18). The van der Waals surface area contributed by atoms with Crippen LogP contribution in [0.5, 0.6) is 5.75 Å². The Bertz CT molecular complexity index is 700. The number of nitrogens with two attached hydrogens (primary N) is 1. The second-order valence-corrected chi connectivity index (χ2v) is 4.90. The number of carbonyl (C=O) groups is 1. The van der Waals surface area contributed by atoms with Gasteiger partial charge in [0, 0.05) is 17.1 Å². The van der Waals surface area contributed by atoms with E-state index in [0.717, 1.165) is 6.07 Å². The molecule has 0 bridgehead atoms. The second-order valence-electron chi connectivity index (χ2n) is 3.98. The van der Waals surface area contributed by atoms with Crippen molar-refractivity contribution in [1.29, 1.82) is 0 Å². The third-order valence-electron chi connectivity index (χ3n) is 2.64. The molecule has 110 valence electrons. The van der Waals surface area contributed by atoms with Crippen molar-refractivity contribution in [1.82, 2.24) is 0 Å². The summed E-state index contributed by atoms with van der Waals surface area (Å²) in [6, 6.07) is 5.38. The number of benzene rings is 1. The number of carbonyl (C=O) groups excluding carboxylic acids is 1. The number of hydrogen-bond acceptors (Lipinski definition) is 5. The third-order valence-corrected chi connectivity index (χ3v) is 3.55. The van der Waals surface area contributed by atoms with Crippen LogP contribution in [0.25, 0.3) is 0 Å². The Labute approximate surface area is 123 Å². The lowest BCUT2D eigenvalue weighted by atomic mass is 10.1. The van der Waals surface area contributed by atoms with Gasteiger partial charge in [0.2, 0.25) is 0 Å². The largest absolute Gasteiger partial charge is 0.496 e. The summed E-state index contributed by atoms with van der Waals surface area (Å²) in [5.41, 5.74) is 5.59. The highest BCUT2D eigenvalue weighted by Gasteiger charge is 2.13. The Balaban J connectivity index is 2.21. The highest BCUT2D eigenvalue weighted by molar-refractivity contribution is 7.12. The maximum atomic E-state index is 13.5. The number of amides is 1. The van der Waals surface area contributed by atoms with Crippen LogP contribution in [0, 0.1) is 5.82 Å². The molecule has 1 amide bonds. The van der Waals surface area contributed by atoms with Crippen LogP contribution in [0.15, 0.2) is 34.8 Å². The van der Waals surface area contributed by atoms with Crippen LogP contribution < -0.4 is 15.8 Å². The Morgan fingerprint density at radius 2 is 2.24 bits per heavy atom. The molecule has 6 nitrogen and oxygen atoms in total. The van der Waals surface area contributed by atoms with Crippen molar-refractivity contribution >= 4 is 28.8 Å². The maximum absolute atomic E-state index is 13.5. The summed E-state index contributed by atoms with van der Waals surface area (Å²) in [5, 5.41) is 15.6. The molecule has 0 spiro atoms. The number of halogens is 1. The monoisotopic (exact) mass is 309 g/mol. The van der Waals surface area contributed by atoms with Crippen LogP contribution in [0.2, 0.25) is 0 Å². The number of rotatable bonds is 4. The molecule has 0 atom stereocenters. The molecule has 0 aliphatic carbocycles. The van der Waals surface area contributed by atoms with Gasteiger partial charge in [-0.3, -0.25) is 4.79 Å². The van der Waals surface area contributed by atoms with Crippen LogP contribution in [0.4, 0.5) is 10.1 Å². The van der Waals surface area contributed by atoms with Gasteiger partial charge in [0.15, 0.2) is 5.84 Å². The molecule has 0 saturated heterocycles. The van der Waals surface area contributed by atoms with Crippen molar-refractivity contribution in [2.24, 2.45) is 10.9 Å². The number of nitrogens with one attached hydrogen (secondary N) is 1. The normalized spacial score (nSPS) is 11.2. The minimum absolute atomic E-state index is 0.0981. The van der Waals surface area contributed by atoms with Crippen LogP contribution in [-0.4, -0.2) is 24.1 Å². The predicted octanol–water partition coefficient (Wildman–Crippen LogP) is 2.24. The number of thiophene rings is 1.